The summed E-state index contributed by atoms with van der Waals surface area (Å²) in [5, 5.41) is 0. The first kappa shape index (κ1) is 19.8. The van der Waals surface area contributed by atoms with Gasteiger partial charge in [-0.1, -0.05) is 24.3 Å². The maximum atomic E-state index is 12.4. The number of allylic oxidation sites excluding steroid dienone is 2. The van der Waals surface area contributed by atoms with Gasteiger partial charge in [0.2, 0.25) is 0 Å². The van der Waals surface area contributed by atoms with E-state index >= 15 is 0 Å². The van der Waals surface area contributed by atoms with Crippen LogP contribution in [0.25, 0.3) is 0 Å². The molecule has 3 aliphatic rings. The SMILES string of the molecule is C/C=C/C1CCC2C(CCC3CC(c4ccc(OC(F)(F)F)cc4)CCC32)C1. The predicted molar refractivity (Wildman–Crippen MR) is 105 cm³/mol. The second-order valence-electron chi connectivity index (χ2n) is 9.15. The number of ether oxygens (including phenoxy) is 1. The minimum atomic E-state index is -4.62. The first-order chi connectivity index (χ1) is 13.4. The van der Waals surface area contributed by atoms with Crippen molar-refractivity contribution in [1.82, 2.24) is 0 Å². The van der Waals surface area contributed by atoms with Gasteiger partial charge in [0, 0.05) is 0 Å². The third kappa shape index (κ3) is 4.41. The molecule has 1 aromatic carbocycles. The zero-order valence-electron chi connectivity index (χ0n) is 16.6. The van der Waals surface area contributed by atoms with Gasteiger partial charge in [-0.3, -0.25) is 0 Å². The molecule has 3 aliphatic carbocycles. The van der Waals surface area contributed by atoms with Gasteiger partial charge in [-0.25, -0.2) is 0 Å². The van der Waals surface area contributed by atoms with Crippen molar-refractivity contribution in [2.75, 3.05) is 0 Å². The molecule has 6 atom stereocenters. The van der Waals surface area contributed by atoms with Gasteiger partial charge in [-0.05, 0) is 111 Å². The van der Waals surface area contributed by atoms with E-state index < -0.39 is 6.36 Å². The van der Waals surface area contributed by atoms with Crippen molar-refractivity contribution in [3.63, 3.8) is 0 Å². The summed E-state index contributed by atoms with van der Waals surface area (Å²) >= 11 is 0. The molecule has 1 aromatic rings. The highest BCUT2D eigenvalue weighted by Crippen LogP contribution is 2.54. The lowest BCUT2D eigenvalue weighted by Crippen LogP contribution is -2.41. The molecule has 28 heavy (non-hydrogen) atoms. The molecule has 1 nitrogen and oxygen atoms in total. The molecule has 0 spiro atoms. The second kappa shape index (κ2) is 8.12. The van der Waals surface area contributed by atoms with E-state index in [1.807, 2.05) is 12.1 Å². The summed E-state index contributed by atoms with van der Waals surface area (Å²) in [7, 11) is 0. The molecule has 0 N–H and O–H groups in total. The smallest absolute Gasteiger partial charge is 0.406 e. The zero-order valence-corrected chi connectivity index (χ0v) is 16.6. The molecule has 4 rings (SSSR count). The molecule has 0 aliphatic heterocycles. The predicted octanol–water partition coefficient (Wildman–Crippen LogP) is 7.49. The molecule has 3 fully saturated rings. The average Bonchev–Trinajstić information content (AvgIpc) is 2.67. The van der Waals surface area contributed by atoms with Crippen LogP contribution in [0.5, 0.6) is 5.75 Å². The van der Waals surface area contributed by atoms with E-state index in [1.54, 1.807) is 0 Å². The van der Waals surface area contributed by atoms with E-state index in [0.717, 1.165) is 29.6 Å². The van der Waals surface area contributed by atoms with E-state index in [4.69, 9.17) is 0 Å². The lowest BCUT2D eigenvalue weighted by molar-refractivity contribution is -0.274. The van der Waals surface area contributed by atoms with Crippen molar-refractivity contribution in [3.8, 4) is 5.75 Å². The van der Waals surface area contributed by atoms with Gasteiger partial charge in [0.25, 0.3) is 0 Å². The van der Waals surface area contributed by atoms with E-state index in [1.165, 1.54) is 69.1 Å². The van der Waals surface area contributed by atoms with Crippen molar-refractivity contribution in [2.24, 2.45) is 29.6 Å². The molecule has 3 saturated carbocycles. The molecule has 0 aromatic heterocycles. The Morgan fingerprint density at radius 1 is 0.857 bits per heavy atom. The number of halogens is 3. The standard InChI is InChI=1S/C24H31F3O/c1-2-3-16-4-12-22-19(14-16)5-6-20-15-18(9-13-23(20)22)17-7-10-21(11-8-17)28-24(25,26)27/h2-3,7-8,10-11,16,18-20,22-23H,4-6,9,12-15H2,1H3/b3-2+. The van der Waals surface area contributed by atoms with Crippen molar-refractivity contribution in [1.29, 1.82) is 0 Å². The fourth-order valence-corrected chi connectivity index (χ4v) is 6.52. The summed E-state index contributed by atoms with van der Waals surface area (Å²) < 4.78 is 41.1. The van der Waals surface area contributed by atoms with Crippen LogP contribution in [-0.2, 0) is 0 Å². The Hall–Kier alpha value is -1.45. The van der Waals surface area contributed by atoms with Crippen LogP contribution in [0.1, 0.15) is 69.8 Å². The Bertz CT molecular complexity index is 678. The van der Waals surface area contributed by atoms with Gasteiger partial charge in [0.1, 0.15) is 5.75 Å². The van der Waals surface area contributed by atoms with Crippen molar-refractivity contribution < 1.29 is 17.9 Å². The number of alkyl halides is 3. The topological polar surface area (TPSA) is 9.23 Å². The highest BCUT2D eigenvalue weighted by atomic mass is 19.4. The largest absolute Gasteiger partial charge is 0.573 e. The van der Waals surface area contributed by atoms with Crippen molar-refractivity contribution in [2.45, 2.75) is 70.6 Å². The summed E-state index contributed by atoms with van der Waals surface area (Å²) in [6.07, 6.45) is 10.5. The van der Waals surface area contributed by atoms with Crippen LogP contribution < -0.4 is 4.74 Å². The van der Waals surface area contributed by atoms with E-state index in [2.05, 4.69) is 23.8 Å². The number of benzene rings is 1. The Morgan fingerprint density at radius 2 is 1.50 bits per heavy atom. The Kier molecular flexibility index (Phi) is 5.76. The quantitative estimate of drug-likeness (QED) is 0.484. The summed E-state index contributed by atoms with van der Waals surface area (Å²) in [5.74, 6) is 4.63. The van der Waals surface area contributed by atoms with E-state index in [-0.39, 0.29) is 5.75 Å². The monoisotopic (exact) mass is 392 g/mol. The van der Waals surface area contributed by atoms with Crippen LogP contribution in [-0.4, -0.2) is 6.36 Å². The number of rotatable bonds is 3. The van der Waals surface area contributed by atoms with Crippen LogP contribution in [0.2, 0.25) is 0 Å². The maximum absolute atomic E-state index is 12.4. The minimum Gasteiger partial charge on any atom is -0.406 e. The van der Waals surface area contributed by atoms with Gasteiger partial charge < -0.3 is 4.74 Å². The number of fused-ring (bicyclic) bond motifs is 3. The van der Waals surface area contributed by atoms with Crippen LogP contribution in [0.3, 0.4) is 0 Å². The average molecular weight is 393 g/mol. The molecule has 0 radical (unpaired) electrons. The molecule has 0 saturated heterocycles. The first-order valence-corrected chi connectivity index (χ1v) is 10.9. The Morgan fingerprint density at radius 3 is 2.14 bits per heavy atom. The van der Waals surface area contributed by atoms with Crippen LogP contribution in [0.4, 0.5) is 13.2 Å². The van der Waals surface area contributed by atoms with Gasteiger partial charge in [-0.15, -0.1) is 13.2 Å². The number of hydrogen-bond acceptors (Lipinski definition) is 1. The molecule has 4 heteroatoms. The molecule has 0 heterocycles. The van der Waals surface area contributed by atoms with Crippen LogP contribution in [0, 0.1) is 29.6 Å². The third-order valence-corrected chi connectivity index (χ3v) is 7.63. The molecular weight excluding hydrogens is 361 g/mol. The normalized spacial score (nSPS) is 36.0. The minimum absolute atomic E-state index is 0.122. The molecule has 6 unspecified atom stereocenters. The van der Waals surface area contributed by atoms with Crippen molar-refractivity contribution in [3.05, 3.63) is 42.0 Å². The summed E-state index contributed by atoms with van der Waals surface area (Å²) in [6, 6.07) is 6.60. The van der Waals surface area contributed by atoms with Crippen LogP contribution in [0.15, 0.2) is 36.4 Å². The van der Waals surface area contributed by atoms with E-state index in [0.29, 0.717) is 5.92 Å². The fraction of sp³-hybridized carbons (Fsp3) is 0.667. The second-order valence-corrected chi connectivity index (χ2v) is 9.15. The van der Waals surface area contributed by atoms with Gasteiger partial charge in [0.15, 0.2) is 0 Å². The van der Waals surface area contributed by atoms with Gasteiger partial charge in [-0.2, -0.15) is 0 Å². The molecule has 0 bridgehead atoms. The summed E-state index contributed by atoms with van der Waals surface area (Å²) in [4.78, 5) is 0. The molecule has 0 amide bonds. The number of hydrogen-bond donors (Lipinski definition) is 0. The lowest BCUT2D eigenvalue weighted by Gasteiger charge is -2.50. The van der Waals surface area contributed by atoms with Gasteiger partial charge in [0.05, 0.1) is 0 Å². The first-order valence-electron chi connectivity index (χ1n) is 10.9. The Balaban J connectivity index is 1.37. The molecule has 154 valence electrons. The zero-order chi connectivity index (χ0) is 19.7. The van der Waals surface area contributed by atoms with Crippen molar-refractivity contribution >= 4 is 0 Å². The lowest BCUT2D eigenvalue weighted by atomic mass is 9.55. The van der Waals surface area contributed by atoms with Crippen LogP contribution >= 0.6 is 0 Å². The third-order valence-electron chi connectivity index (χ3n) is 7.63. The summed E-state index contributed by atoms with van der Waals surface area (Å²) in [5.41, 5.74) is 1.17. The highest BCUT2D eigenvalue weighted by molar-refractivity contribution is 5.30. The Labute approximate surface area is 166 Å². The maximum Gasteiger partial charge on any atom is 0.573 e. The fourth-order valence-electron chi connectivity index (χ4n) is 6.52. The molecular formula is C24H31F3O. The van der Waals surface area contributed by atoms with E-state index in [9.17, 15) is 13.2 Å². The summed E-state index contributed by atoms with van der Waals surface area (Å²) in [6.45, 7) is 2.13. The van der Waals surface area contributed by atoms with Gasteiger partial charge >= 0.3 is 6.36 Å². The highest BCUT2D eigenvalue weighted by Gasteiger charge is 2.44.